The topological polar surface area (TPSA) is 41.1 Å². The Hall–Kier alpha value is -1.78. The van der Waals surface area contributed by atoms with Gasteiger partial charge in [0.1, 0.15) is 0 Å². The zero-order valence-electron chi connectivity index (χ0n) is 12.1. The van der Waals surface area contributed by atoms with Crippen LogP contribution in [0.25, 0.3) is 0 Å². The second kappa shape index (κ2) is 8.49. The van der Waals surface area contributed by atoms with Crippen LogP contribution in [-0.4, -0.2) is 18.2 Å². The van der Waals surface area contributed by atoms with Crippen molar-refractivity contribution in [1.82, 2.24) is 5.32 Å². The Labute approximate surface area is 130 Å². The van der Waals surface area contributed by atoms with E-state index < -0.39 is 0 Å². The number of hydrogen-bond acceptors (Lipinski definition) is 3. The molecule has 0 spiro atoms. The van der Waals surface area contributed by atoms with E-state index in [-0.39, 0.29) is 5.91 Å². The van der Waals surface area contributed by atoms with Crippen LogP contribution in [0.3, 0.4) is 0 Å². The number of carbonyl (C=O) groups is 1. The van der Waals surface area contributed by atoms with E-state index in [1.165, 1.54) is 5.56 Å². The van der Waals surface area contributed by atoms with Gasteiger partial charge in [0.15, 0.2) is 0 Å². The van der Waals surface area contributed by atoms with E-state index in [1.807, 2.05) is 48.5 Å². The smallest absolute Gasteiger partial charge is 0.234 e. The van der Waals surface area contributed by atoms with Crippen molar-refractivity contribution in [2.45, 2.75) is 18.4 Å². The summed E-state index contributed by atoms with van der Waals surface area (Å²) in [5, 5.41) is 6.22. The molecule has 0 fully saturated rings. The Bertz CT molecular complexity index is 572. The molecule has 0 bridgehead atoms. The number of hydrogen-bond donors (Lipinski definition) is 2. The van der Waals surface area contributed by atoms with Gasteiger partial charge in [-0.3, -0.25) is 4.79 Å². The van der Waals surface area contributed by atoms with Crippen LogP contribution in [-0.2, 0) is 11.3 Å². The molecule has 0 aromatic heterocycles. The number of nitrogens with one attached hydrogen (secondary N) is 2. The molecule has 0 aliphatic rings. The van der Waals surface area contributed by atoms with E-state index in [4.69, 9.17) is 0 Å². The fourth-order valence-electron chi connectivity index (χ4n) is 1.89. The third-order valence-corrected chi connectivity index (χ3v) is 3.92. The van der Waals surface area contributed by atoms with Crippen LogP contribution in [0.4, 0.5) is 5.69 Å². The van der Waals surface area contributed by atoms with Gasteiger partial charge in [-0.25, -0.2) is 0 Å². The molecular formula is C17H20N2OS. The largest absolute Gasteiger partial charge is 0.325 e. The van der Waals surface area contributed by atoms with Gasteiger partial charge < -0.3 is 10.6 Å². The zero-order chi connectivity index (χ0) is 14.9. The molecular weight excluding hydrogens is 280 g/mol. The molecule has 0 heterocycles. The molecule has 2 N–H and O–H groups in total. The number of benzene rings is 2. The van der Waals surface area contributed by atoms with Crippen molar-refractivity contribution in [3.05, 3.63) is 60.2 Å². The van der Waals surface area contributed by atoms with Crippen LogP contribution in [0, 0.1) is 0 Å². The Kier molecular flexibility index (Phi) is 6.31. The molecule has 0 aliphatic heterocycles. The van der Waals surface area contributed by atoms with Crippen LogP contribution in [0.5, 0.6) is 0 Å². The fourth-order valence-corrected chi connectivity index (χ4v) is 2.61. The molecule has 0 saturated carbocycles. The highest BCUT2D eigenvalue weighted by atomic mass is 32.2. The molecule has 0 radical (unpaired) electrons. The summed E-state index contributed by atoms with van der Waals surface area (Å²) < 4.78 is 0. The quantitative estimate of drug-likeness (QED) is 0.769. The molecule has 0 aliphatic carbocycles. The van der Waals surface area contributed by atoms with Gasteiger partial charge in [-0.1, -0.05) is 37.3 Å². The minimum Gasteiger partial charge on any atom is -0.325 e. The maximum Gasteiger partial charge on any atom is 0.234 e. The molecule has 110 valence electrons. The highest BCUT2D eigenvalue weighted by Crippen LogP contribution is 2.17. The minimum absolute atomic E-state index is 0.0180. The zero-order valence-corrected chi connectivity index (χ0v) is 13.0. The van der Waals surface area contributed by atoms with Crippen molar-refractivity contribution in [3.63, 3.8) is 0 Å². The molecule has 1 amide bonds. The van der Waals surface area contributed by atoms with E-state index in [0.29, 0.717) is 5.75 Å². The summed E-state index contributed by atoms with van der Waals surface area (Å²) in [7, 11) is 0. The first kappa shape index (κ1) is 15.6. The molecule has 3 nitrogen and oxygen atoms in total. The van der Waals surface area contributed by atoms with Crippen molar-refractivity contribution in [3.8, 4) is 0 Å². The molecule has 21 heavy (non-hydrogen) atoms. The Balaban J connectivity index is 1.84. The SMILES string of the molecule is CCNCc1cccc(NC(=O)CSc2ccccc2)c1. The number of thioether (sulfide) groups is 1. The van der Waals surface area contributed by atoms with Gasteiger partial charge in [0.05, 0.1) is 5.75 Å². The van der Waals surface area contributed by atoms with Crippen molar-refractivity contribution >= 4 is 23.4 Å². The summed E-state index contributed by atoms with van der Waals surface area (Å²) in [6.45, 7) is 3.83. The molecule has 2 aromatic carbocycles. The van der Waals surface area contributed by atoms with Crippen LogP contribution in [0.1, 0.15) is 12.5 Å². The molecule has 4 heteroatoms. The third-order valence-electron chi connectivity index (χ3n) is 2.90. The van der Waals surface area contributed by atoms with Gasteiger partial charge in [-0.2, -0.15) is 0 Å². The fraction of sp³-hybridized carbons (Fsp3) is 0.235. The summed E-state index contributed by atoms with van der Waals surface area (Å²) in [6.07, 6.45) is 0. The highest BCUT2D eigenvalue weighted by molar-refractivity contribution is 8.00. The van der Waals surface area contributed by atoms with Crippen molar-refractivity contribution in [1.29, 1.82) is 0 Å². The number of anilines is 1. The first-order chi connectivity index (χ1) is 10.3. The van der Waals surface area contributed by atoms with Crippen molar-refractivity contribution in [2.24, 2.45) is 0 Å². The normalized spacial score (nSPS) is 10.3. The standard InChI is InChI=1S/C17H20N2OS/c1-2-18-12-14-7-6-8-15(11-14)19-17(20)13-21-16-9-4-3-5-10-16/h3-11,18H,2,12-13H2,1H3,(H,19,20). The average Bonchev–Trinajstić information content (AvgIpc) is 2.52. The number of amides is 1. The van der Waals surface area contributed by atoms with Gasteiger partial charge in [-0.15, -0.1) is 11.8 Å². The summed E-state index contributed by atoms with van der Waals surface area (Å²) in [5.41, 5.74) is 2.02. The van der Waals surface area contributed by atoms with Gasteiger partial charge in [0.25, 0.3) is 0 Å². The third kappa shape index (κ3) is 5.61. The van der Waals surface area contributed by atoms with Crippen LogP contribution >= 0.6 is 11.8 Å². The first-order valence-corrected chi connectivity index (χ1v) is 8.04. The van der Waals surface area contributed by atoms with E-state index in [9.17, 15) is 4.79 Å². The van der Waals surface area contributed by atoms with Crippen LogP contribution in [0.2, 0.25) is 0 Å². The van der Waals surface area contributed by atoms with Gasteiger partial charge in [0, 0.05) is 17.1 Å². The minimum atomic E-state index is 0.0180. The van der Waals surface area contributed by atoms with Gasteiger partial charge in [0.2, 0.25) is 5.91 Å². The van der Waals surface area contributed by atoms with E-state index in [2.05, 4.69) is 23.6 Å². The predicted molar refractivity (Wildman–Crippen MR) is 89.6 cm³/mol. The number of carbonyl (C=O) groups excluding carboxylic acids is 1. The van der Waals surface area contributed by atoms with E-state index in [0.717, 1.165) is 23.7 Å². The van der Waals surface area contributed by atoms with Crippen LogP contribution in [0.15, 0.2) is 59.5 Å². The summed E-state index contributed by atoms with van der Waals surface area (Å²) >= 11 is 1.54. The monoisotopic (exact) mass is 300 g/mol. The predicted octanol–water partition coefficient (Wildman–Crippen LogP) is 3.53. The maximum atomic E-state index is 12.0. The highest BCUT2D eigenvalue weighted by Gasteiger charge is 2.04. The Morgan fingerprint density at radius 3 is 2.67 bits per heavy atom. The lowest BCUT2D eigenvalue weighted by Gasteiger charge is -2.08. The average molecular weight is 300 g/mol. The summed E-state index contributed by atoms with van der Waals surface area (Å²) in [6, 6.07) is 17.9. The van der Waals surface area contributed by atoms with E-state index >= 15 is 0 Å². The second-order valence-corrected chi connectivity index (χ2v) is 5.68. The maximum absolute atomic E-state index is 12.0. The molecule has 0 atom stereocenters. The lowest BCUT2D eigenvalue weighted by molar-refractivity contribution is -0.113. The first-order valence-electron chi connectivity index (χ1n) is 7.05. The molecule has 0 saturated heterocycles. The van der Waals surface area contributed by atoms with Crippen molar-refractivity contribution in [2.75, 3.05) is 17.6 Å². The lowest BCUT2D eigenvalue weighted by atomic mass is 10.2. The van der Waals surface area contributed by atoms with Gasteiger partial charge >= 0.3 is 0 Å². The molecule has 2 aromatic rings. The molecule has 2 rings (SSSR count). The van der Waals surface area contributed by atoms with E-state index in [1.54, 1.807) is 11.8 Å². The Morgan fingerprint density at radius 2 is 1.90 bits per heavy atom. The molecule has 0 unspecified atom stereocenters. The summed E-state index contributed by atoms with van der Waals surface area (Å²) in [5.74, 6) is 0.436. The lowest BCUT2D eigenvalue weighted by Crippen LogP contribution is -2.15. The van der Waals surface area contributed by atoms with Crippen molar-refractivity contribution < 1.29 is 4.79 Å². The number of rotatable bonds is 7. The van der Waals surface area contributed by atoms with Gasteiger partial charge in [-0.05, 0) is 36.4 Å². The Morgan fingerprint density at radius 1 is 1.10 bits per heavy atom. The summed E-state index contributed by atoms with van der Waals surface area (Å²) in [4.78, 5) is 13.1. The van der Waals surface area contributed by atoms with Crippen LogP contribution < -0.4 is 10.6 Å². The second-order valence-electron chi connectivity index (χ2n) is 4.63.